The van der Waals surface area contributed by atoms with Gasteiger partial charge in [-0.25, -0.2) is 4.79 Å². The summed E-state index contributed by atoms with van der Waals surface area (Å²) in [5.41, 5.74) is 1.92. The standard InChI is InChI=1S/C19H23N5O3/c1-2-27-17-6-4-3-5-15(17)21-19(26)23-9-10-24-14(12-23)11-16(22-24)18(25)20-13-7-8-13/h3-6,11,13H,2,7-10,12H2,1H3,(H,20,25)(H,21,26). The maximum atomic E-state index is 12.7. The molecule has 1 aromatic heterocycles. The number of anilines is 1. The molecule has 0 saturated heterocycles. The van der Waals surface area contributed by atoms with Crippen molar-refractivity contribution in [2.24, 2.45) is 0 Å². The van der Waals surface area contributed by atoms with E-state index >= 15 is 0 Å². The van der Waals surface area contributed by atoms with Gasteiger partial charge in [0.2, 0.25) is 0 Å². The highest BCUT2D eigenvalue weighted by molar-refractivity contribution is 5.93. The number of carbonyl (C=O) groups excluding carboxylic acids is 2. The molecule has 3 amide bonds. The van der Waals surface area contributed by atoms with Crippen LogP contribution in [-0.4, -0.2) is 45.8 Å². The second-order valence-corrected chi connectivity index (χ2v) is 6.77. The molecule has 1 saturated carbocycles. The third-order valence-electron chi connectivity index (χ3n) is 4.66. The molecule has 0 radical (unpaired) electrons. The number of hydrogen-bond acceptors (Lipinski definition) is 4. The zero-order valence-corrected chi connectivity index (χ0v) is 15.3. The van der Waals surface area contributed by atoms with E-state index in [1.807, 2.05) is 31.2 Å². The molecule has 0 bridgehead atoms. The number of urea groups is 1. The Balaban J connectivity index is 1.42. The minimum Gasteiger partial charge on any atom is -0.492 e. The van der Waals surface area contributed by atoms with Gasteiger partial charge in [-0.3, -0.25) is 9.48 Å². The maximum absolute atomic E-state index is 12.7. The molecule has 8 heteroatoms. The van der Waals surface area contributed by atoms with Crippen molar-refractivity contribution < 1.29 is 14.3 Å². The number of fused-ring (bicyclic) bond motifs is 1. The second kappa shape index (κ2) is 7.30. The molecule has 1 fully saturated rings. The van der Waals surface area contributed by atoms with Crippen LogP contribution in [0, 0.1) is 0 Å². The van der Waals surface area contributed by atoms with Crippen molar-refractivity contribution in [3.63, 3.8) is 0 Å². The van der Waals surface area contributed by atoms with E-state index in [1.165, 1.54) is 0 Å². The number of aromatic nitrogens is 2. The van der Waals surface area contributed by atoms with E-state index in [4.69, 9.17) is 4.74 Å². The van der Waals surface area contributed by atoms with Gasteiger partial charge >= 0.3 is 6.03 Å². The minimum absolute atomic E-state index is 0.138. The van der Waals surface area contributed by atoms with Crippen LogP contribution in [0.2, 0.25) is 0 Å². The van der Waals surface area contributed by atoms with E-state index in [-0.39, 0.29) is 11.9 Å². The number of carbonyl (C=O) groups is 2. The lowest BCUT2D eigenvalue weighted by molar-refractivity contribution is 0.0945. The Bertz CT molecular complexity index is 859. The molecule has 0 spiro atoms. The lowest BCUT2D eigenvalue weighted by Crippen LogP contribution is -2.40. The van der Waals surface area contributed by atoms with Gasteiger partial charge < -0.3 is 20.3 Å². The Hall–Kier alpha value is -3.03. The summed E-state index contributed by atoms with van der Waals surface area (Å²) in [6.07, 6.45) is 2.08. The third kappa shape index (κ3) is 3.89. The summed E-state index contributed by atoms with van der Waals surface area (Å²) in [5, 5.41) is 10.2. The lowest BCUT2D eigenvalue weighted by Gasteiger charge is -2.28. The summed E-state index contributed by atoms with van der Waals surface area (Å²) in [7, 11) is 0. The average Bonchev–Trinajstić information content (AvgIpc) is 3.37. The minimum atomic E-state index is -0.196. The number of rotatable bonds is 5. The van der Waals surface area contributed by atoms with E-state index in [0.29, 0.717) is 49.4 Å². The van der Waals surface area contributed by atoms with Crippen LogP contribution in [0.3, 0.4) is 0 Å². The molecular formula is C19H23N5O3. The first kappa shape index (κ1) is 17.4. The summed E-state index contributed by atoms with van der Waals surface area (Å²) in [5.74, 6) is 0.510. The molecule has 2 N–H and O–H groups in total. The van der Waals surface area contributed by atoms with Crippen LogP contribution in [0.1, 0.15) is 35.9 Å². The van der Waals surface area contributed by atoms with E-state index in [1.54, 1.807) is 15.6 Å². The van der Waals surface area contributed by atoms with Crippen LogP contribution in [0.15, 0.2) is 30.3 Å². The van der Waals surface area contributed by atoms with Crippen molar-refractivity contribution in [2.45, 2.75) is 38.9 Å². The molecule has 2 heterocycles. The van der Waals surface area contributed by atoms with Gasteiger partial charge in [-0.05, 0) is 38.0 Å². The maximum Gasteiger partial charge on any atom is 0.322 e. The highest BCUT2D eigenvalue weighted by atomic mass is 16.5. The first-order valence-electron chi connectivity index (χ1n) is 9.29. The second-order valence-electron chi connectivity index (χ2n) is 6.77. The van der Waals surface area contributed by atoms with Gasteiger partial charge in [-0.1, -0.05) is 12.1 Å². The summed E-state index contributed by atoms with van der Waals surface area (Å²) in [6, 6.07) is 9.24. The number of nitrogens with zero attached hydrogens (tertiary/aromatic N) is 3. The Labute approximate surface area is 157 Å². The number of ether oxygens (including phenoxy) is 1. The molecule has 4 rings (SSSR count). The van der Waals surface area contributed by atoms with Crippen molar-refractivity contribution in [3.8, 4) is 5.75 Å². The number of para-hydroxylation sites is 2. The highest BCUT2D eigenvalue weighted by Crippen LogP contribution is 2.25. The quantitative estimate of drug-likeness (QED) is 0.846. The van der Waals surface area contributed by atoms with Crippen molar-refractivity contribution in [3.05, 3.63) is 41.7 Å². The number of hydrogen-bond donors (Lipinski definition) is 2. The first-order chi connectivity index (χ1) is 13.1. The molecule has 2 aliphatic rings. The predicted molar refractivity (Wildman–Crippen MR) is 99.8 cm³/mol. The van der Waals surface area contributed by atoms with Crippen molar-refractivity contribution in [1.29, 1.82) is 0 Å². The first-order valence-corrected chi connectivity index (χ1v) is 9.29. The van der Waals surface area contributed by atoms with Crippen LogP contribution < -0.4 is 15.4 Å². The fraction of sp³-hybridized carbons (Fsp3) is 0.421. The van der Waals surface area contributed by atoms with Crippen LogP contribution in [0.25, 0.3) is 0 Å². The predicted octanol–water partition coefficient (Wildman–Crippen LogP) is 2.22. The van der Waals surface area contributed by atoms with E-state index in [0.717, 1.165) is 18.5 Å². The smallest absolute Gasteiger partial charge is 0.322 e. The van der Waals surface area contributed by atoms with Gasteiger partial charge in [0.25, 0.3) is 5.91 Å². The van der Waals surface area contributed by atoms with Crippen LogP contribution in [-0.2, 0) is 13.1 Å². The molecule has 1 aromatic carbocycles. The fourth-order valence-corrected chi connectivity index (χ4v) is 3.08. The molecular weight excluding hydrogens is 346 g/mol. The molecule has 1 aliphatic carbocycles. The van der Waals surface area contributed by atoms with E-state index in [2.05, 4.69) is 15.7 Å². The van der Waals surface area contributed by atoms with E-state index < -0.39 is 0 Å². The van der Waals surface area contributed by atoms with Crippen LogP contribution >= 0.6 is 0 Å². The summed E-state index contributed by atoms with van der Waals surface area (Å²) in [4.78, 5) is 26.6. The topological polar surface area (TPSA) is 88.5 Å². The monoisotopic (exact) mass is 369 g/mol. The number of nitrogens with one attached hydrogen (secondary N) is 2. The van der Waals surface area contributed by atoms with Gasteiger partial charge in [0.15, 0.2) is 5.69 Å². The Morgan fingerprint density at radius 3 is 2.85 bits per heavy atom. The van der Waals surface area contributed by atoms with Gasteiger partial charge in [0.1, 0.15) is 5.75 Å². The van der Waals surface area contributed by atoms with E-state index in [9.17, 15) is 9.59 Å². The van der Waals surface area contributed by atoms with Gasteiger partial charge in [-0.15, -0.1) is 0 Å². The zero-order valence-electron chi connectivity index (χ0n) is 15.3. The van der Waals surface area contributed by atoms with Crippen LogP contribution in [0.4, 0.5) is 10.5 Å². The Morgan fingerprint density at radius 1 is 1.26 bits per heavy atom. The molecule has 142 valence electrons. The van der Waals surface area contributed by atoms with Crippen molar-refractivity contribution in [1.82, 2.24) is 20.0 Å². The Morgan fingerprint density at radius 2 is 2.07 bits per heavy atom. The average molecular weight is 369 g/mol. The fourth-order valence-electron chi connectivity index (χ4n) is 3.08. The molecule has 0 unspecified atom stereocenters. The molecule has 1 aliphatic heterocycles. The van der Waals surface area contributed by atoms with Crippen molar-refractivity contribution >= 4 is 17.6 Å². The van der Waals surface area contributed by atoms with Crippen molar-refractivity contribution in [2.75, 3.05) is 18.5 Å². The molecule has 2 aromatic rings. The lowest BCUT2D eigenvalue weighted by atomic mass is 10.2. The van der Waals surface area contributed by atoms with Gasteiger partial charge in [0.05, 0.1) is 31.1 Å². The largest absolute Gasteiger partial charge is 0.492 e. The molecule has 0 atom stereocenters. The summed E-state index contributed by atoms with van der Waals surface area (Å²) >= 11 is 0. The highest BCUT2D eigenvalue weighted by Gasteiger charge is 2.27. The Kier molecular flexibility index (Phi) is 4.70. The number of benzene rings is 1. The summed E-state index contributed by atoms with van der Waals surface area (Å²) in [6.45, 7) is 3.93. The van der Waals surface area contributed by atoms with Crippen LogP contribution in [0.5, 0.6) is 5.75 Å². The zero-order chi connectivity index (χ0) is 18.8. The van der Waals surface area contributed by atoms with Gasteiger partial charge in [0, 0.05) is 12.6 Å². The van der Waals surface area contributed by atoms with Gasteiger partial charge in [-0.2, -0.15) is 5.10 Å². The summed E-state index contributed by atoms with van der Waals surface area (Å²) < 4.78 is 7.36. The molecule has 27 heavy (non-hydrogen) atoms. The SMILES string of the molecule is CCOc1ccccc1NC(=O)N1CCn2nc(C(=O)NC3CC3)cc2C1. The normalized spacial score (nSPS) is 15.8. The molecule has 8 nitrogen and oxygen atoms in total. The number of amides is 3. The third-order valence-corrected chi connectivity index (χ3v) is 4.66.